The Labute approximate surface area is 109 Å². The number of esters is 1. The van der Waals surface area contributed by atoms with Crippen molar-refractivity contribution in [2.24, 2.45) is 0 Å². The molecule has 0 aliphatic rings. The summed E-state index contributed by atoms with van der Waals surface area (Å²) in [7, 11) is 1.39. The fourth-order valence-electron chi connectivity index (χ4n) is 1.46. The monoisotopic (exact) mass is 266 g/mol. The standard InChI is InChI=1S/C12H14N2O3S/c1-16-11(15)3-2-6-18-12-14-9-5-4-8(13)7-10(9)17-12/h4-5,7H,2-3,6,13H2,1H3. The number of rotatable bonds is 5. The van der Waals surface area contributed by atoms with Gasteiger partial charge in [0.15, 0.2) is 5.58 Å². The third-order valence-electron chi connectivity index (χ3n) is 2.37. The van der Waals surface area contributed by atoms with Crippen molar-refractivity contribution in [3.05, 3.63) is 18.2 Å². The van der Waals surface area contributed by atoms with Gasteiger partial charge in [0.2, 0.25) is 0 Å². The molecule has 2 aromatic rings. The highest BCUT2D eigenvalue weighted by Crippen LogP contribution is 2.25. The molecular formula is C12H14N2O3S. The summed E-state index contributed by atoms with van der Waals surface area (Å²) in [6.07, 6.45) is 1.15. The smallest absolute Gasteiger partial charge is 0.305 e. The predicted octanol–water partition coefficient (Wildman–Crippen LogP) is 2.46. The number of oxazole rings is 1. The third-order valence-corrected chi connectivity index (χ3v) is 3.29. The van der Waals surface area contributed by atoms with Gasteiger partial charge in [0.25, 0.3) is 5.22 Å². The lowest BCUT2D eigenvalue weighted by Gasteiger charge is -1.97. The van der Waals surface area contributed by atoms with Crippen LogP contribution in [-0.2, 0) is 9.53 Å². The number of nitrogens with zero attached hydrogens (tertiary/aromatic N) is 1. The van der Waals surface area contributed by atoms with E-state index in [0.717, 1.165) is 17.7 Å². The summed E-state index contributed by atoms with van der Waals surface area (Å²) < 4.78 is 10.1. The van der Waals surface area contributed by atoms with Gasteiger partial charge in [0, 0.05) is 23.9 Å². The van der Waals surface area contributed by atoms with Crippen LogP contribution in [0.1, 0.15) is 12.8 Å². The average Bonchev–Trinajstić information content (AvgIpc) is 2.76. The zero-order valence-electron chi connectivity index (χ0n) is 10.0. The van der Waals surface area contributed by atoms with Gasteiger partial charge in [-0.15, -0.1) is 0 Å². The second-order valence-corrected chi connectivity index (χ2v) is 4.78. The lowest BCUT2D eigenvalue weighted by atomic mass is 10.3. The Morgan fingerprint density at radius 3 is 3.17 bits per heavy atom. The second kappa shape index (κ2) is 5.77. The molecule has 0 saturated carbocycles. The number of hydrogen-bond acceptors (Lipinski definition) is 6. The van der Waals surface area contributed by atoms with Crippen molar-refractivity contribution in [1.29, 1.82) is 0 Å². The largest absolute Gasteiger partial charge is 0.469 e. The Bertz CT molecular complexity index is 553. The number of aromatic nitrogens is 1. The summed E-state index contributed by atoms with van der Waals surface area (Å²) in [6.45, 7) is 0. The van der Waals surface area contributed by atoms with E-state index in [-0.39, 0.29) is 5.97 Å². The molecule has 0 aliphatic carbocycles. The maximum Gasteiger partial charge on any atom is 0.305 e. The summed E-state index contributed by atoms with van der Waals surface area (Å²) in [5, 5.41) is 0.598. The van der Waals surface area contributed by atoms with Crippen LogP contribution in [0.25, 0.3) is 11.1 Å². The Morgan fingerprint density at radius 2 is 2.39 bits per heavy atom. The van der Waals surface area contributed by atoms with Gasteiger partial charge in [-0.3, -0.25) is 4.79 Å². The highest BCUT2D eigenvalue weighted by molar-refractivity contribution is 7.99. The number of nitrogen functional groups attached to an aromatic ring is 1. The molecule has 0 spiro atoms. The fourth-order valence-corrected chi connectivity index (χ4v) is 2.23. The van der Waals surface area contributed by atoms with Crippen LogP contribution in [0.4, 0.5) is 5.69 Å². The van der Waals surface area contributed by atoms with E-state index >= 15 is 0 Å². The number of hydrogen-bond donors (Lipinski definition) is 1. The fraction of sp³-hybridized carbons (Fsp3) is 0.333. The zero-order chi connectivity index (χ0) is 13.0. The van der Waals surface area contributed by atoms with E-state index in [1.807, 2.05) is 6.07 Å². The molecule has 0 amide bonds. The molecular weight excluding hydrogens is 252 g/mol. The number of carbonyl (C=O) groups is 1. The number of methoxy groups -OCH3 is 1. The Morgan fingerprint density at radius 1 is 1.56 bits per heavy atom. The normalized spacial score (nSPS) is 10.7. The van der Waals surface area contributed by atoms with Crippen molar-refractivity contribution in [2.75, 3.05) is 18.6 Å². The molecule has 96 valence electrons. The van der Waals surface area contributed by atoms with Crippen LogP contribution >= 0.6 is 11.8 Å². The van der Waals surface area contributed by atoms with Gasteiger partial charge in [-0.05, 0) is 18.6 Å². The number of thioether (sulfide) groups is 1. The molecule has 1 aromatic carbocycles. The topological polar surface area (TPSA) is 78.3 Å². The average molecular weight is 266 g/mol. The molecule has 0 saturated heterocycles. The molecule has 1 aromatic heterocycles. The molecule has 0 unspecified atom stereocenters. The number of ether oxygens (including phenoxy) is 1. The lowest BCUT2D eigenvalue weighted by Crippen LogP contribution is -1.99. The van der Waals surface area contributed by atoms with Crippen LogP contribution in [0.5, 0.6) is 0 Å². The molecule has 0 bridgehead atoms. The first-order chi connectivity index (χ1) is 8.69. The number of anilines is 1. The summed E-state index contributed by atoms with van der Waals surface area (Å²) in [6, 6.07) is 5.37. The van der Waals surface area contributed by atoms with Gasteiger partial charge >= 0.3 is 5.97 Å². The molecule has 2 rings (SSSR count). The molecule has 6 heteroatoms. The predicted molar refractivity (Wildman–Crippen MR) is 70.4 cm³/mol. The van der Waals surface area contributed by atoms with Crippen molar-refractivity contribution in [3.63, 3.8) is 0 Å². The quantitative estimate of drug-likeness (QED) is 0.387. The minimum Gasteiger partial charge on any atom is -0.469 e. The van der Waals surface area contributed by atoms with Crippen molar-refractivity contribution < 1.29 is 13.9 Å². The maximum absolute atomic E-state index is 10.9. The molecule has 0 aliphatic heterocycles. The van der Waals surface area contributed by atoms with Gasteiger partial charge in [0.05, 0.1) is 7.11 Å². The number of carbonyl (C=O) groups excluding carboxylic acids is 1. The van der Waals surface area contributed by atoms with E-state index < -0.39 is 0 Å². The van der Waals surface area contributed by atoms with Crippen molar-refractivity contribution >= 4 is 34.5 Å². The highest BCUT2D eigenvalue weighted by Gasteiger charge is 2.07. The molecule has 18 heavy (non-hydrogen) atoms. The minimum atomic E-state index is -0.194. The molecule has 1 heterocycles. The van der Waals surface area contributed by atoms with Crippen molar-refractivity contribution in [1.82, 2.24) is 4.98 Å². The first kappa shape index (κ1) is 12.8. The Balaban J connectivity index is 1.90. The van der Waals surface area contributed by atoms with E-state index in [0.29, 0.717) is 22.9 Å². The van der Waals surface area contributed by atoms with E-state index in [2.05, 4.69) is 9.72 Å². The summed E-state index contributed by atoms with van der Waals surface area (Å²) >= 11 is 1.48. The minimum absolute atomic E-state index is 0.194. The molecule has 0 fully saturated rings. The van der Waals surface area contributed by atoms with Crippen LogP contribution < -0.4 is 5.73 Å². The van der Waals surface area contributed by atoms with Crippen LogP contribution in [0.15, 0.2) is 27.8 Å². The van der Waals surface area contributed by atoms with Gasteiger partial charge in [-0.1, -0.05) is 11.8 Å². The second-order valence-electron chi connectivity index (χ2n) is 3.74. The van der Waals surface area contributed by atoms with E-state index in [1.165, 1.54) is 18.9 Å². The highest BCUT2D eigenvalue weighted by atomic mass is 32.2. The summed E-state index contributed by atoms with van der Waals surface area (Å²) in [5.41, 5.74) is 7.79. The van der Waals surface area contributed by atoms with Crippen molar-refractivity contribution in [2.45, 2.75) is 18.1 Å². The lowest BCUT2D eigenvalue weighted by molar-refractivity contribution is -0.140. The number of benzene rings is 1. The molecule has 0 radical (unpaired) electrons. The number of fused-ring (bicyclic) bond motifs is 1. The van der Waals surface area contributed by atoms with Gasteiger partial charge in [-0.2, -0.15) is 0 Å². The van der Waals surface area contributed by atoms with Gasteiger partial charge in [0.1, 0.15) is 5.52 Å². The van der Waals surface area contributed by atoms with Crippen molar-refractivity contribution in [3.8, 4) is 0 Å². The Kier molecular flexibility index (Phi) is 4.09. The Hall–Kier alpha value is -1.69. The van der Waals surface area contributed by atoms with E-state index in [9.17, 15) is 4.79 Å². The molecule has 2 N–H and O–H groups in total. The number of nitrogens with two attached hydrogens (primary N) is 1. The van der Waals surface area contributed by atoms with Crippen LogP contribution in [0.2, 0.25) is 0 Å². The van der Waals surface area contributed by atoms with Crippen LogP contribution in [0.3, 0.4) is 0 Å². The maximum atomic E-state index is 10.9. The van der Waals surface area contributed by atoms with Crippen LogP contribution in [-0.4, -0.2) is 23.8 Å². The summed E-state index contributed by atoms with van der Waals surface area (Å²) in [4.78, 5) is 15.2. The first-order valence-corrected chi connectivity index (χ1v) is 6.53. The zero-order valence-corrected chi connectivity index (χ0v) is 10.8. The van der Waals surface area contributed by atoms with Gasteiger partial charge < -0.3 is 14.9 Å². The van der Waals surface area contributed by atoms with E-state index in [1.54, 1.807) is 12.1 Å². The van der Waals surface area contributed by atoms with Gasteiger partial charge in [-0.25, -0.2) is 4.98 Å². The van der Waals surface area contributed by atoms with E-state index in [4.69, 9.17) is 10.2 Å². The SMILES string of the molecule is COC(=O)CCCSc1nc2ccc(N)cc2o1. The first-order valence-electron chi connectivity index (χ1n) is 5.55. The molecule has 0 atom stereocenters. The molecule has 5 nitrogen and oxygen atoms in total. The van der Waals surface area contributed by atoms with Crippen LogP contribution in [0, 0.1) is 0 Å². The third kappa shape index (κ3) is 3.16. The summed E-state index contributed by atoms with van der Waals surface area (Å²) in [5.74, 6) is 0.568.